The van der Waals surface area contributed by atoms with Crippen molar-refractivity contribution >= 4 is 5.69 Å². The van der Waals surface area contributed by atoms with Crippen LogP contribution in [0.4, 0.5) is 5.69 Å². The average molecular weight is 263 g/mol. The van der Waals surface area contributed by atoms with Gasteiger partial charge in [0.1, 0.15) is 5.75 Å². The van der Waals surface area contributed by atoms with Gasteiger partial charge in [-0.3, -0.25) is 0 Å². The van der Waals surface area contributed by atoms with Gasteiger partial charge in [-0.05, 0) is 25.0 Å². The summed E-state index contributed by atoms with van der Waals surface area (Å²) in [5.74, 6) is 0.899. The molecule has 1 aromatic rings. The van der Waals surface area contributed by atoms with Crippen molar-refractivity contribution in [3.05, 3.63) is 23.3 Å². The standard InChI is InChI=1S/C15H21NO3/c16-13-6-11-8-17-10-19-15(11)12(7-13)9-18-14-4-2-1-3-5-14/h6-7,14H,1-5,8-10,16H2. The Hall–Kier alpha value is -1.26. The molecule has 0 spiro atoms. The molecule has 2 aliphatic rings. The molecule has 0 unspecified atom stereocenters. The van der Waals surface area contributed by atoms with E-state index in [4.69, 9.17) is 19.9 Å². The Balaban J connectivity index is 1.70. The van der Waals surface area contributed by atoms with E-state index in [-0.39, 0.29) is 0 Å². The van der Waals surface area contributed by atoms with Crippen LogP contribution in [0.25, 0.3) is 0 Å². The first-order chi connectivity index (χ1) is 9.33. The van der Waals surface area contributed by atoms with Gasteiger partial charge >= 0.3 is 0 Å². The van der Waals surface area contributed by atoms with Crippen molar-refractivity contribution in [3.8, 4) is 5.75 Å². The highest BCUT2D eigenvalue weighted by atomic mass is 16.7. The second-order valence-corrected chi connectivity index (χ2v) is 5.35. The Labute approximate surface area is 113 Å². The van der Waals surface area contributed by atoms with Crippen LogP contribution < -0.4 is 10.5 Å². The summed E-state index contributed by atoms with van der Waals surface area (Å²) in [6.07, 6.45) is 6.65. The van der Waals surface area contributed by atoms with Gasteiger partial charge in [0.25, 0.3) is 0 Å². The third-order valence-electron chi connectivity index (χ3n) is 3.84. The molecule has 104 valence electrons. The van der Waals surface area contributed by atoms with Gasteiger partial charge in [-0.25, -0.2) is 0 Å². The number of rotatable bonds is 3. The van der Waals surface area contributed by atoms with Crippen LogP contribution in [0, 0.1) is 0 Å². The van der Waals surface area contributed by atoms with Gasteiger partial charge in [-0.1, -0.05) is 19.3 Å². The number of nitrogen functional groups attached to an aromatic ring is 1. The average Bonchev–Trinajstić information content (AvgIpc) is 2.45. The van der Waals surface area contributed by atoms with Crippen molar-refractivity contribution in [3.63, 3.8) is 0 Å². The summed E-state index contributed by atoms with van der Waals surface area (Å²) in [6, 6.07) is 3.87. The Morgan fingerprint density at radius 3 is 2.89 bits per heavy atom. The lowest BCUT2D eigenvalue weighted by Crippen LogP contribution is -2.18. The summed E-state index contributed by atoms with van der Waals surface area (Å²) in [5.41, 5.74) is 8.74. The van der Waals surface area contributed by atoms with Crippen molar-refractivity contribution in [2.24, 2.45) is 0 Å². The van der Waals surface area contributed by atoms with Crippen LogP contribution in [0.1, 0.15) is 43.2 Å². The number of fused-ring (bicyclic) bond motifs is 1. The molecule has 3 rings (SSSR count). The molecule has 4 nitrogen and oxygen atoms in total. The zero-order chi connectivity index (χ0) is 13.1. The predicted molar refractivity (Wildman–Crippen MR) is 72.8 cm³/mol. The molecular weight excluding hydrogens is 242 g/mol. The summed E-state index contributed by atoms with van der Waals surface area (Å²) >= 11 is 0. The SMILES string of the molecule is Nc1cc2c(c(COC3CCCCC3)c1)OCOC2. The number of nitrogens with two attached hydrogens (primary N) is 1. The minimum atomic E-state index is 0.313. The van der Waals surface area contributed by atoms with Crippen LogP contribution in [0.5, 0.6) is 5.75 Å². The highest BCUT2D eigenvalue weighted by Crippen LogP contribution is 2.32. The van der Waals surface area contributed by atoms with Gasteiger partial charge in [-0.2, -0.15) is 0 Å². The van der Waals surface area contributed by atoms with Crippen molar-refractivity contribution < 1.29 is 14.2 Å². The molecule has 0 radical (unpaired) electrons. The van der Waals surface area contributed by atoms with E-state index in [1.165, 1.54) is 32.1 Å². The van der Waals surface area contributed by atoms with Gasteiger partial charge in [0.2, 0.25) is 0 Å². The molecule has 1 fully saturated rings. The molecule has 1 heterocycles. The lowest BCUT2D eigenvalue weighted by atomic mass is 9.98. The molecule has 2 N–H and O–H groups in total. The number of hydrogen-bond acceptors (Lipinski definition) is 4. The monoisotopic (exact) mass is 263 g/mol. The van der Waals surface area contributed by atoms with E-state index in [2.05, 4.69) is 0 Å². The second-order valence-electron chi connectivity index (χ2n) is 5.35. The molecule has 0 aromatic heterocycles. The Morgan fingerprint density at radius 1 is 1.21 bits per heavy atom. The van der Waals surface area contributed by atoms with Crippen molar-refractivity contribution in [2.45, 2.75) is 51.4 Å². The molecule has 1 aromatic carbocycles. The molecule has 0 bridgehead atoms. The first kappa shape index (κ1) is 12.8. The van der Waals surface area contributed by atoms with Crippen molar-refractivity contribution in [1.82, 2.24) is 0 Å². The van der Waals surface area contributed by atoms with Gasteiger partial charge in [-0.15, -0.1) is 0 Å². The minimum absolute atomic E-state index is 0.313. The number of benzene rings is 1. The Kier molecular flexibility index (Phi) is 3.89. The van der Waals surface area contributed by atoms with Gasteiger partial charge in [0.05, 0.1) is 19.3 Å². The molecule has 1 aliphatic heterocycles. The van der Waals surface area contributed by atoms with Crippen LogP contribution in [-0.4, -0.2) is 12.9 Å². The van der Waals surface area contributed by atoms with Crippen LogP contribution in [-0.2, 0) is 22.7 Å². The Bertz CT molecular complexity index is 441. The molecule has 0 atom stereocenters. The van der Waals surface area contributed by atoms with E-state index in [1.54, 1.807) is 0 Å². The highest BCUT2D eigenvalue weighted by Gasteiger charge is 2.18. The summed E-state index contributed by atoms with van der Waals surface area (Å²) in [4.78, 5) is 0. The quantitative estimate of drug-likeness (QED) is 0.852. The summed E-state index contributed by atoms with van der Waals surface area (Å²) in [7, 11) is 0. The zero-order valence-electron chi connectivity index (χ0n) is 11.2. The van der Waals surface area contributed by atoms with E-state index in [0.717, 1.165) is 22.6 Å². The molecule has 19 heavy (non-hydrogen) atoms. The van der Waals surface area contributed by atoms with Gasteiger partial charge < -0.3 is 19.9 Å². The second kappa shape index (κ2) is 5.80. The van der Waals surface area contributed by atoms with Crippen LogP contribution in [0.15, 0.2) is 12.1 Å². The van der Waals surface area contributed by atoms with E-state index >= 15 is 0 Å². The van der Waals surface area contributed by atoms with Crippen LogP contribution in [0.2, 0.25) is 0 Å². The lowest BCUT2D eigenvalue weighted by Gasteiger charge is -2.24. The minimum Gasteiger partial charge on any atom is -0.467 e. The first-order valence-corrected chi connectivity index (χ1v) is 7.06. The third kappa shape index (κ3) is 3.01. The maximum absolute atomic E-state index is 6.01. The molecule has 1 saturated carbocycles. The summed E-state index contributed by atoms with van der Waals surface area (Å²) < 4.78 is 16.9. The number of ether oxygens (including phenoxy) is 3. The maximum Gasteiger partial charge on any atom is 0.189 e. The highest BCUT2D eigenvalue weighted by molar-refractivity contribution is 5.53. The smallest absolute Gasteiger partial charge is 0.189 e. The van der Waals surface area contributed by atoms with Gasteiger partial charge in [0, 0.05) is 16.8 Å². The molecule has 1 aliphatic carbocycles. The largest absolute Gasteiger partial charge is 0.467 e. The Morgan fingerprint density at radius 2 is 2.05 bits per heavy atom. The van der Waals surface area contributed by atoms with E-state index in [1.807, 2.05) is 12.1 Å². The number of hydrogen-bond donors (Lipinski definition) is 1. The van der Waals surface area contributed by atoms with Crippen LogP contribution in [0.3, 0.4) is 0 Å². The predicted octanol–water partition coefficient (Wildman–Crippen LogP) is 2.98. The fourth-order valence-electron chi connectivity index (χ4n) is 2.87. The van der Waals surface area contributed by atoms with E-state index < -0.39 is 0 Å². The molecule has 4 heteroatoms. The fraction of sp³-hybridized carbons (Fsp3) is 0.600. The maximum atomic E-state index is 6.01. The van der Waals surface area contributed by atoms with E-state index in [0.29, 0.717) is 26.1 Å². The van der Waals surface area contributed by atoms with Crippen LogP contribution >= 0.6 is 0 Å². The van der Waals surface area contributed by atoms with Crippen molar-refractivity contribution in [2.75, 3.05) is 12.5 Å². The lowest BCUT2D eigenvalue weighted by molar-refractivity contribution is -0.0214. The first-order valence-electron chi connectivity index (χ1n) is 7.06. The normalized spacial score (nSPS) is 19.8. The molecule has 0 saturated heterocycles. The van der Waals surface area contributed by atoms with Crippen molar-refractivity contribution in [1.29, 1.82) is 0 Å². The zero-order valence-corrected chi connectivity index (χ0v) is 11.2. The van der Waals surface area contributed by atoms with E-state index in [9.17, 15) is 0 Å². The fourth-order valence-corrected chi connectivity index (χ4v) is 2.87. The third-order valence-corrected chi connectivity index (χ3v) is 3.84. The summed E-state index contributed by atoms with van der Waals surface area (Å²) in [6.45, 7) is 1.46. The number of anilines is 1. The molecule has 0 amide bonds. The van der Waals surface area contributed by atoms with Gasteiger partial charge in [0.15, 0.2) is 6.79 Å². The topological polar surface area (TPSA) is 53.7 Å². The summed E-state index contributed by atoms with van der Waals surface area (Å²) in [5, 5.41) is 0. The molecular formula is C15H21NO3.